The Labute approximate surface area is 152 Å². The Morgan fingerprint density at radius 1 is 1.32 bits per heavy atom. The lowest BCUT2D eigenvalue weighted by Crippen LogP contribution is -2.18. The third-order valence-corrected chi connectivity index (χ3v) is 6.43. The predicted octanol–water partition coefficient (Wildman–Crippen LogP) is 3.37. The number of nitrogens with zero attached hydrogens (tertiary/aromatic N) is 2. The predicted molar refractivity (Wildman–Crippen MR) is 98.4 cm³/mol. The second-order valence-electron chi connectivity index (χ2n) is 6.12. The van der Waals surface area contributed by atoms with Crippen LogP contribution in [-0.2, 0) is 35.4 Å². The minimum Gasteiger partial charge on any atom is -0.459 e. The van der Waals surface area contributed by atoms with Crippen molar-refractivity contribution in [2.75, 3.05) is 0 Å². The highest BCUT2D eigenvalue weighted by Crippen LogP contribution is 2.28. The van der Waals surface area contributed by atoms with Crippen molar-refractivity contribution >= 4 is 33.6 Å². The number of rotatable bonds is 5. The van der Waals surface area contributed by atoms with E-state index in [0.717, 1.165) is 25.0 Å². The molecule has 1 aliphatic rings. The molecule has 3 aromatic rings. The van der Waals surface area contributed by atoms with Crippen molar-refractivity contribution in [1.82, 2.24) is 9.38 Å². The topological polar surface area (TPSA) is 60.7 Å². The van der Waals surface area contributed by atoms with Gasteiger partial charge in [0.1, 0.15) is 6.61 Å². The molecule has 0 N–H and O–H groups in total. The second-order valence-corrected chi connectivity index (χ2v) is 8.22. The fourth-order valence-corrected chi connectivity index (χ4v) is 5.06. The summed E-state index contributed by atoms with van der Waals surface area (Å²) >= 11 is 3.22. The Hall–Kier alpha value is -1.99. The molecule has 0 amide bonds. The van der Waals surface area contributed by atoms with Crippen LogP contribution in [0.4, 0.5) is 0 Å². The van der Waals surface area contributed by atoms with Crippen LogP contribution in [0.2, 0.25) is 0 Å². The Balaban J connectivity index is 1.45. The summed E-state index contributed by atoms with van der Waals surface area (Å²) in [6, 6.07) is 5.46. The van der Waals surface area contributed by atoms with Gasteiger partial charge >= 0.3 is 5.97 Å². The third-order valence-electron chi connectivity index (χ3n) is 4.35. The van der Waals surface area contributed by atoms with Gasteiger partial charge in [-0.25, -0.2) is 4.98 Å². The van der Waals surface area contributed by atoms with Gasteiger partial charge in [-0.2, -0.15) is 0 Å². The number of hydrogen-bond acceptors (Lipinski definition) is 6. The number of aromatic nitrogens is 2. The van der Waals surface area contributed by atoms with Crippen molar-refractivity contribution in [2.24, 2.45) is 0 Å². The average Bonchev–Trinajstić information content (AvgIpc) is 3.25. The van der Waals surface area contributed by atoms with Crippen LogP contribution in [0.1, 0.15) is 40.4 Å². The number of ether oxygens (including phenoxy) is 1. The van der Waals surface area contributed by atoms with Crippen molar-refractivity contribution < 1.29 is 9.53 Å². The first kappa shape index (κ1) is 16.5. The van der Waals surface area contributed by atoms with E-state index in [4.69, 9.17) is 4.74 Å². The fourth-order valence-electron chi connectivity index (χ4n) is 3.12. The van der Waals surface area contributed by atoms with Crippen LogP contribution in [0, 0.1) is 0 Å². The molecule has 0 aliphatic heterocycles. The Bertz CT molecular complexity index is 957. The molecule has 130 valence electrons. The Kier molecular flexibility index (Phi) is 4.67. The maximum atomic E-state index is 12.4. The average molecular weight is 374 g/mol. The number of thiophene rings is 1. The number of thiazole rings is 1. The van der Waals surface area contributed by atoms with Gasteiger partial charge in [0.25, 0.3) is 5.56 Å². The minimum atomic E-state index is -0.263. The molecule has 0 radical (unpaired) electrons. The van der Waals surface area contributed by atoms with Gasteiger partial charge in [-0.1, -0.05) is 6.07 Å². The first-order chi connectivity index (χ1) is 12.2. The molecule has 3 aromatic heterocycles. The summed E-state index contributed by atoms with van der Waals surface area (Å²) in [7, 11) is 0. The highest BCUT2D eigenvalue weighted by Gasteiger charge is 2.18. The summed E-state index contributed by atoms with van der Waals surface area (Å²) in [6.45, 7) is 0.0532. The van der Waals surface area contributed by atoms with E-state index in [1.807, 2.05) is 17.5 Å². The molecule has 3 heterocycles. The lowest BCUT2D eigenvalue weighted by atomic mass is 10.0. The van der Waals surface area contributed by atoms with Crippen LogP contribution in [0.25, 0.3) is 4.96 Å². The van der Waals surface area contributed by atoms with E-state index in [2.05, 4.69) is 4.98 Å². The van der Waals surface area contributed by atoms with Crippen LogP contribution >= 0.6 is 22.7 Å². The van der Waals surface area contributed by atoms with Gasteiger partial charge in [-0.3, -0.25) is 14.0 Å². The van der Waals surface area contributed by atoms with E-state index in [9.17, 15) is 9.59 Å². The summed E-state index contributed by atoms with van der Waals surface area (Å²) in [5.74, 6) is -0.263. The molecular formula is C18H18N2O3S2. The normalized spacial score (nSPS) is 13.8. The quantitative estimate of drug-likeness (QED) is 0.643. The van der Waals surface area contributed by atoms with E-state index >= 15 is 0 Å². The zero-order chi connectivity index (χ0) is 17.2. The van der Waals surface area contributed by atoms with Gasteiger partial charge < -0.3 is 4.74 Å². The Morgan fingerprint density at radius 2 is 2.20 bits per heavy atom. The number of hydrogen-bond donors (Lipinski definition) is 0. The highest BCUT2D eigenvalue weighted by molar-refractivity contribution is 7.17. The van der Waals surface area contributed by atoms with Crippen molar-refractivity contribution in [3.05, 3.63) is 55.1 Å². The number of esters is 1. The van der Waals surface area contributed by atoms with Crippen LogP contribution in [0.5, 0.6) is 0 Å². The second kappa shape index (κ2) is 7.09. The molecule has 0 aromatic carbocycles. The summed E-state index contributed by atoms with van der Waals surface area (Å²) in [6.07, 6.45) is 5.28. The van der Waals surface area contributed by atoms with Gasteiger partial charge in [-0.15, -0.1) is 22.7 Å². The molecule has 4 rings (SSSR count). The molecule has 25 heavy (non-hydrogen) atoms. The molecule has 0 saturated heterocycles. The van der Waals surface area contributed by atoms with E-state index in [0.29, 0.717) is 23.5 Å². The molecule has 5 nitrogen and oxygen atoms in total. The van der Waals surface area contributed by atoms with E-state index in [1.54, 1.807) is 27.1 Å². The van der Waals surface area contributed by atoms with Crippen molar-refractivity contribution in [2.45, 2.75) is 45.1 Å². The fraction of sp³-hybridized carbons (Fsp3) is 0.389. The maximum absolute atomic E-state index is 12.4. The summed E-state index contributed by atoms with van der Waals surface area (Å²) < 4.78 is 7.02. The molecule has 0 saturated carbocycles. The third kappa shape index (κ3) is 3.52. The maximum Gasteiger partial charge on any atom is 0.306 e. The van der Waals surface area contributed by atoms with E-state index in [1.165, 1.54) is 22.2 Å². The number of aryl methyl sites for hydroxylation is 3. The van der Waals surface area contributed by atoms with Gasteiger partial charge in [0, 0.05) is 21.5 Å². The van der Waals surface area contributed by atoms with Crippen molar-refractivity contribution in [1.29, 1.82) is 0 Å². The van der Waals surface area contributed by atoms with Crippen molar-refractivity contribution in [3.8, 4) is 0 Å². The molecular weight excluding hydrogens is 356 g/mol. The van der Waals surface area contributed by atoms with Gasteiger partial charge in [0.15, 0.2) is 4.96 Å². The number of fused-ring (bicyclic) bond motifs is 3. The first-order valence-corrected chi connectivity index (χ1v) is 10.1. The molecule has 0 bridgehead atoms. The summed E-state index contributed by atoms with van der Waals surface area (Å²) in [4.78, 5) is 32.0. The van der Waals surface area contributed by atoms with Crippen molar-refractivity contribution in [3.63, 3.8) is 0 Å². The molecule has 1 aliphatic carbocycles. The molecule has 0 spiro atoms. The summed E-state index contributed by atoms with van der Waals surface area (Å²) in [5.41, 5.74) is 1.56. The van der Waals surface area contributed by atoms with Crippen LogP contribution in [-0.4, -0.2) is 15.4 Å². The number of carbonyl (C=O) groups excluding carboxylic acids is 1. The monoisotopic (exact) mass is 374 g/mol. The zero-order valence-electron chi connectivity index (χ0n) is 13.7. The first-order valence-electron chi connectivity index (χ1n) is 8.42. The van der Waals surface area contributed by atoms with E-state index < -0.39 is 0 Å². The lowest BCUT2D eigenvalue weighted by molar-refractivity contribution is -0.145. The molecule has 0 unspecified atom stereocenters. The molecule has 0 fully saturated rings. The lowest BCUT2D eigenvalue weighted by Gasteiger charge is -2.10. The molecule has 0 atom stereocenters. The van der Waals surface area contributed by atoms with E-state index in [-0.39, 0.29) is 18.1 Å². The van der Waals surface area contributed by atoms with Gasteiger partial charge in [-0.05, 0) is 43.6 Å². The van der Waals surface area contributed by atoms with Gasteiger partial charge in [0.05, 0.1) is 12.1 Å². The smallest absolute Gasteiger partial charge is 0.306 e. The number of carbonyl (C=O) groups is 1. The zero-order valence-corrected chi connectivity index (χ0v) is 15.3. The van der Waals surface area contributed by atoms with Crippen LogP contribution < -0.4 is 5.56 Å². The minimum absolute atomic E-state index is 0.0532. The summed E-state index contributed by atoms with van der Waals surface area (Å²) in [5, 5.41) is 1.99. The van der Waals surface area contributed by atoms with Crippen LogP contribution in [0.15, 0.2) is 28.4 Å². The van der Waals surface area contributed by atoms with Crippen LogP contribution in [0.3, 0.4) is 0 Å². The highest BCUT2D eigenvalue weighted by atomic mass is 32.1. The Morgan fingerprint density at radius 3 is 3.04 bits per heavy atom. The SMILES string of the molecule is O=C(CCc1cccs1)OCc1cc(=O)n2c3c(sc2n1)CCCC3. The van der Waals surface area contributed by atoms with Gasteiger partial charge in [0.2, 0.25) is 0 Å². The molecule has 7 heteroatoms. The standard InChI is InChI=1S/C18H18N2O3S2/c21-16-10-12(11-23-17(22)8-7-13-4-3-9-24-13)19-18-20(16)14-5-1-2-6-15(14)25-18/h3-4,9-10H,1-2,5-8,11H2. The largest absolute Gasteiger partial charge is 0.459 e.